The topological polar surface area (TPSA) is 53.5 Å². The highest BCUT2D eigenvalue weighted by atomic mass is 15.2. The van der Waals surface area contributed by atoms with Gasteiger partial charge in [0.2, 0.25) is 5.95 Å². The van der Waals surface area contributed by atoms with E-state index >= 15 is 0 Å². The highest BCUT2D eigenvalue weighted by Gasteiger charge is 2.24. The van der Waals surface area contributed by atoms with Gasteiger partial charge in [0.1, 0.15) is 0 Å². The fourth-order valence-corrected chi connectivity index (χ4v) is 9.55. The van der Waals surface area contributed by atoms with Crippen LogP contribution in [0.5, 0.6) is 0 Å². The normalized spacial score (nSPS) is 12.1. The summed E-state index contributed by atoms with van der Waals surface area (Å²) in [6.07, 6.45) is 0. The fraction of sp³-hybridized carbons (Fsp3) is 0. The van der Waals surface area contributed by atoms with Crippen molar-refractivity contribution in [2.75, 3.05) is 0 Å². The number of rotatable bonds is 5. The molecule has 0 atom stereocenters. The first-order valence-electron chi connectivity index (χ1n) is 20.0. The number of hydrogen-bond acceptors (Lipinski definition) is 3. The van der Waals surface area contributed by atoms with Gasteiger partial charge in [-0.15, -0.1) is 0 Å². The van der Waals surface area contributed by atoms with E-state index in [9.17, 15) is 0 Å². The minimum atomic E-state index is 0.580. The Morgan fingerprint density at radius 3 is 1.59 bits per heavy atom. The molecule has 9 aromatic carbocycles. The van der Waals surface area contributed by atoms with Crippen LogP contribution in [0.15, 0.2) is 194 Å². The third-order valence-electron chi connectivity index (χ3n) is 12.0. The predicted molar refractivity (Wildman–Crippen MR) is 242 cm³/mol. The van der Waals surface area contributed by atoms with E-state index in [1.54, 1.807) is 0 Å². The maximum Gasteiger partial charge on any atom is 0.238 e. The van der Waals surface area contributed by atoms with Crippen LogP contribution < -0.4 is 0 Å². The molecule has 0 bridgehead atoms. The summed E-state index contributed by atoms with van der Waals surface area (Å²) in [4.78, 5) is 15.3. The Labute approximate surface area is 337 Å². The molecular formula is C53H32N6. The van der Waals surface area contributed by atoms with E-state index in [1.807, 2.05) is 60.7 Å². The number of fused-ring (bicyclic) bond motifs is 7. The molecule has 0 aliphatic heterocycles. The molecule has 0 amide bonds. The lowest BCUT2D eigenvalue weighted by Crippen LogP contribution is -2.06. The average Bonchev–Trinajstić information content (AvgIpc) is 3.95. The second-order valence-corrected chi connectivity index (χ2v) is 15.2. The molecule has 0 unspecified atom stereocenters. The fourth-order valence-electron chi connectivity index (χ4n) is 9.55. The second-order valence-electron chi connectivity index (χ2n) is 15.2. The number of hydrogen-bond donors (Lipinski definition) is 0. The van der Waals surface area contributed by atoms with Gasteiger partial charge in [0.15, 0.2) is 11.6 Å². The molecule has 59 heavy (non-hydrogen) atoms. The highest BCUT2D eigenvalue weighted by molar-refractivity contribution is 6.33. The lowest BCUT2D eigenvalue weighted by molar-refractivity contribution is 0.953. The molecule has 4 heterocycles. The molecule has 0 fully saturated rings. The van der Waals surface area contributed by atoms with Crippen LogP contribution in [0.2, 0.25) is 0 Å². The highest BCUT2D eigenvalue weighted by Crippen LogP contribution is 2.46. The van der Waals surface area contributed by atoms with Crippen LogP contribution >= 0.6 is 0 Å². The molecule has 0 N–H and O–H groups in total. The first-order chi connectivity index (χ1) is 29.3. The van der Waals surface area contributed by atoms with Crippen molar-refractivity contribution in [2.45, 2.75) is 0 Å². The Balaban J connectivity index is 1.10. The molecule has 0 aliphatic rings. The molecule has 13 aromatic rings. The zero-order valence-corrected chi connectivity index (χ0v) is 31.7. The molecule has 13 rings (SSSR count). The van der Waals surface area contributed by atoms with Crippen molar-refractivity contribution in [3.8, 4) is 40.1 Å². The zero-order chi connectivity index (χ0) is 38.6. The van der Waals surface area contributed by atoms with Crippen molar-refractivity contribution in [3.63, 3.8) is 0 Å². The summed E-state index contributed by atoms with van der Waals surface area (Å²) < 4.78 is 7.08. The summed E-state index contributed by atoms with van der Waals surface area (Å²) in [6, 6.07) is 69.0. The van der Waals surface area contributed by atoms with Crippen LogP contribution in [0.25, 0.3) is 116 Å². The van der Waals surface area contributed by atoms with Crippen molar-refractivity contribution >= 4 is 76.2 Å². The van der Waals surface area contributed by atoms with Crippen LogP contribution in [-0.4, -0.2) is 28.7 Å². The van der Waals surface area contributed by atoms with E-state index in [1.165, 1.54) is 54.4 Å². The summed E-state index contributed by atoms with van der Waals surface area (Å²) in [5, 5.41) is 9.87. The van der Waals surface area contributed by atoms with Gasteiger partial charge in [-0.05, 0) is 65.4 Å². The van der Waals surface area contributed by atoms with Gasteiger partial charge in [0.25, 0.3) is 0 Å². The van der Waals surface area contributed by atoms with E-state index in [2.05, 4.69) is 147 Å². The zero-order valence-electron chi connectivity index (χ0n) is 31.7. The lowest BCUT2D eigenvalue weighted by atomic mass is 9.98. The number of para-hydroxylation sites is 3. The van der Waals surface area contributed by atoms with Gasteiger partial charge < -0.3 is 9.13 Å². The summed E-state index contributed by atoms with van der Waals surface area (Å²) in [7, 11) is 0. The Bertz CT molecular complexity index is 3710. The quantitative estimate of drug-likeness (QED) is 0.165. The Morgan fingerprint density at radius 2 is 0.864 bits per heavy atom. The second kappa shape index (κ2) is 12.2. The van der Waals surface area contributed by atoms with Gasteiger partial charge in [-0.2, -0.15) is 9.97 Å². The van der Waals surface area contributed by atoms with E-state index in [-0.39, 0.29) is 0 Å². The van der Waals surface area contributed by atoms with Crippen LogP contribution in [0.4, 0.5) is 0 Å². The monoisotopic (exact) mass is 752 g/mol. The van der Waals surface area contributed by atoms with Crippen molar-refractivity contribution in [3.05, 3.63) is 194 Å². The van der Waals surface area contributed by atoms with Crippen molar-refractivity contribution in [2.24, 2.45) is 0 Å². The van der Waals surface area contributed by atoms with Gasteiger partial charge in [-0.1, -0.05) is 140 Å². The van der Waals surface area contributed by atoms with E-state index in [4.69, 9.17) is 15.0 Å². The Morgan fingerprint density at radius 1 is 0.288 bits per heavy atom. The van der Waals surface area contributed by atoms with Gasteiger partial charge >= 0.3 is 0 Å². The molecule has 4 aromatic heterocycles. The molecule has 274 valence electrons. The maximum atomic E-state index is 5.16. The Hall–Kier alpha value is -8.09. The number of benzene rings is 9. The maximum absolute atomic E-state index is 5.16. The first-order valence-corrected chi connectivity index (χ1v) is 20.0. The molecule has 6 nitrogen and oxygen atoms in total. The van der Waals surface area contributed by atoms with Crippen LogP contribution in [0.1, 0.15) is 0 Å². The number of aromatic nitrogens is 6. The third-order valence-corrected chi connectivity index (χ3v) is 12.0. The van der Waals surface area contributed by atoms with Gasteiger partial charge in [-0.3, -0.25) is 4.57 Å². The summed E-state index contributed by atoms with van der Waals surface area (Å²) in [5.41, 5.74) is 10.9. The smallest absolute Gasteiger partial charge is 0.238 e. The van der Waals surface area contributed by atoms with Crippen molar-refractivity contribution in [1.82, 2.24) is 28.7 Å². The van der Waals surface area contributed by atoms with Crippen LogP contribution in [0.3, 0.4) is 0 Å². The molecule has 6 heteroatoms. The summed E-state index contributed by atoms with van der Waals surface area (Å²) >= 11 is 0. The largest absolute Gasteiger partial charge is 0.309 e. The molecular weight excluding hydrogens is 721 g/mol. The van der Waals surface area contributed by atoms with E-state index < -0.39 is 0 Å². The molecule has 0 saturated carbocycles. The predicted octanol–water partition coefficient (Wildman–Crippen LogP) is 13.1. The molecule has 0 aliphatic carbocycles. The Kier molecular flexibility index (Phi) is 6.63. The van der Waals surface area contributed by atoms with Crippen LogP contribution in [-0.2, 0) is 0 Å². The standard InChI is InChI=1S/C53H32N6/c1-4-15-34(16-5-1)51-54-52(35-17-6-2-7-18-35)56-53(55-51)59-42-24-12-10-22-38(42)41-31-37(28-30-44(41)59)58-45-26-14-19-33-27-29-40-49-39-23-11-13-25-43(39)57(36-20-8-3-9-21-36)46(49)32-47(58)50(40)48(33)45/h1-32H. The molecule has 0 saturated heterocycles. The van der Waals surface area contributed by atoms with Gasteiger partial charge in [0, 0.05) is 54.8 Å². The van der Waals surface area contributed by atoms with Crippen LogP contribution in [0, 0.1) is 0 Å². The number of nitrogens with zero attached hydrogens (tertiary/aromatic N) is 6. The molecule has 0 radical (unpaired) electrons. The van der Waals surface area contributed by atoms with Gasteiger partial charge in [-0.25, -0.2) is 4.98 Å². The van der Waals surface area contributed by atoms with Gasteiger partial charge in [0.05, 0.1) is 33.1 Å². The molecule has 0 spiro atoms. The van der Waals surface area contributed by atoms with Crippen molar-refractivity contribution < 1.29 is 0 Å². The summed E-state index contributed by atoms with van der Waals surface area (Å²) in [6.45, 7) is 0. The van der Waals surface area contributed by atoms with E-state index in [0.29, 0.717) is 17.6 Å². The lowest BCUT2D eigenvalue weighted by Gasteiger charge is -2.12. The summed E-state index contributed by atoms with van der Waals surface area (Å²) in [5.74, 6) is 1.84. The van der Waals surface area contributed by atoms with E-state index in [0.717, 1.165) is 44.3 Å². The SMILES string of the molecule is c1ccc(-c2nc(-c3ccccc3)nc(-n3c4ccccc4c4cc(-n5c6cccc7ccc8c9c%10ccccc%10n(-c%10ccccc%10)c9cc5c8c76)ccc43)n2)cc1. The minimum Gasteiger partial charge on any atom is -0.309 e. The third kappa shape index (κ3) is 4.59. The average molecular weight is 753 g/mol. The first kappa shape index (κ1) is 32.0. The minimum absolute atomic E-state index is 0.580. The van der Waals surface area contributed by atoms with Crippen molar-refractivity contribution in [1.29, 1.82) is 0 Å².